The molecule has 0 aliphatic carbocycles. The number of unbranched alkanes of at least 4 members (excludes halogenated alkanes) is 3. The molecule has 37 heavy (non-hydrogen) atoms. The average Bonchev–Trinajstić information content (AvgIpc) is 2.91. The number of hydrogen-bond donors (Lipinski definition) is 0. The lowest BCUT2D eigenvalue weighted by atomic mass is 10.2. The number of alkyl halides is 1. The molecule has 0 saturated carbocycles. The molecule has 0 heterocycles. The Hall–Kier alpha value is -0.530. The lowest BCUT2D eigenvalue weighted by molar-refractivity contribution is -0.0256. The summed E-state index contributed by atoms with van der Waals surface area (Å²) in [5.41, 5.74) is 0. The van der Waals surface area contributed by atoms with Gasteiger partial charge in [0.2, 0.25) is 0 Å². The van der Waals surface area contributed by atoms with Crippen molar-refractivity contribution in [1.29, 1.82) is 0 Å². The Morgan fingerprint density at radius 1 is 0.351 bits per heavy atom. The van der Waals surface area contributed by atoms with Crippen LogP contribution in [0.15, 0.2) is 12.8 Å². The molecule has 0 aromatic carbocycles. The zero-order valence-electron chi connectivity index (χ0n) is 22.7. The van der Waals surface area contributed by atoms with E-state index in [1.54, 1.807) is 0 Å². The Morgan fingerprint density at radius 3 is 0.919 bits per heavy atom. The minimum atomic E-state index is 0.506. The molecule has 0 aromatic rings. The fourth-order valence-electron chi connectivity index (χ4n) is 2.70. The molecule has 0 amide bonds. The van der Waals surface area contributed by atoms with Crippen molar-refractivity contribution in [2.24, 2.45) is 0 Å². The van der Waals surface area contributed by atoms with Crippen LogP contribution in [-0.4, -0.2) is 131 Å². The molecule has 0 aliphatic rings. The van der Waals surface area contributed by atoms with Gasteiger partial charge in [-0.3, -0.25) is 0 Å². The molecule has 222 valence electrons. The van der Waals surface area contributed by atoms with Crippen LogP contribution in [-0.2, 0) is 47.4 Å². The van der Waals surface area contributed by atoms with E-state index >= 15 is 0 Å². The maximum atomic E-state index is 5.64. The first-order valence-corrected chi connectivity index (χ1v) is 13.9. The van der Waals surface area contributed by atoms with E-state index in [4.69, 9.17) is 59.0 Å². The van der Waals surface area contributed by atoms with Gasteiger partial charge in [-0.25, -0.2) is 0 Å². The number of rotatable bonds is 34. The van der Waals surface area contributed by atoms with E-state index in [-0.39, 0.29) is 0 Å². The van der Waals surface area contributed by atoms with Gasteiger partial charge in [-0.1, -0.05) is 19.4 Å². The molecule has 0 N–H and O–H groups in total. The van der Waals surface area contributed by atoms with E-state index in [1.165, 1.54) is 19.1 Å². The normalized spacial score (nSPS) is 11.3. The Morgan fingerprint density at radius 2 is 0.622 bits per heavy atom. The van der Waals surface area contributed by atoms with Gasteiger partial charge in [0.25, 0.3) is 0 Å². The van der Waals surface area contributed by atoms with E-state index in [0.717, 1.165) is 25.3 Å². The van der Waals surface area contributed by atoms with Crippen LogP contribution < -0.4 is 0 Å². The number of hydrogen-bond acceptors (Lipinski definition) is 10. The molecule has 0 fully saturated rings. The topological polar surface area (TPSA) is 92.3 Å². The summed E-state index contributed by atoms with van der Waals surface area (Å²) in [6, 6.07) is 0. The highest BCUT2D eigenvalue weighted by atomic mass is 35.5. The molecule has 0 aliphatic heterocycles. The van der Waals surface area contributed by atoms with Gasteiger partial charge in [-0.05, 0) is 12.8 Å². The van der Waals surface area contributed by atoms with Crippen LogP contribution in [0.1, 0.15) is 25.7 Å². The predicted octanol–water partition coefficient (Wildman–Crippen LogP) is 3.10. The van der Waals surface area contributed by atoms with E-state index in [0.29, 0.717) is 119 Å². The fourth-order valence-corrected chi connectivity index (χ4v) is 2.89. The molecule has 10 nitrogen and oxygen atoms in total. The van der Waals surface area contributed by atoms with Gasteiger partial charge in [0.1, 0.15) is 6.61 Å². The third kappa shape index (κ3) is 35.5. The smallest absolute Gasteiger partial charge is 0.111 e. The molecule has 0 saturated heterocycles. The Labute approximate surface area is 229 Å². The second-order valence-corrected chi connectivity index (χ2v) is 8.03. The zero-order valence-corrected chi connectivity index (χ0v) is 23.5. The SMILES string of the molecule is C=COCCOCCOCCOCCOCCOCCOCCOCCOCCOCCCCCCCl. The van der Waals surface area contributed by atoms with Gasteiger partial charge in [-0.15, -0.1) is 11.6 Å². The van der Waals surface area contributed by atoms with Crippen molar-refractivity contribution in [3.8, 4) is 0 Å². The van der Waals surface area contributed by atoms with Crippen molar-refractivity contribution < 1.29 is 47.4 Å². The van der Waals surface area contributed by atoms with E-state index in [9.17, 15) is 0 Å². The summed E-state index contributed by atoms with van der Waals surface area (Å²) in [6.07, 6.45) is 5.91. The van der Waals surface area contributed by atoms with Gasteiger partial charge < -0.3 is 47.4 Å². The highest BCUT2D eigenvalue weighted by molar-refractivity contribution is 6.17. The second-order valence-electron chi connectivity index (χ2n) is 7.65. The predicted molar refractivity (Wildman–Crippen MR) is 143 cm³/mol. The van der Waals surface area contributed by atoms with E-state index in [1.807, 2.05) is 0 Å². The molecule has 0 spiro atoms. The van der Waals surface area contributed by atoms with Crippen LogP contribution in [0.3, 0.4) is 0 Å². The minimum absolute atomic E-state index is 0.506. The molecule has 0 rings (SSSR count). The van der Waals surface area contributed by atoms with Crippen LogP contribution >= 0.6 is 11.6 Å². The van der Waals surface area contributed by atoms with E-state index in [2.05, 4.69) is 6.58 Å². The van der Waals surface area contributed by atoms with Crippen molar-refractivity contribution >= 4 is 11.6 Å². The van der Waals surface area contributed by atoms with Gasteiger partial charge >= 0.3 is 0 Å². The summed E-state index contributed by atoms with van der Waals surface area (Å²) < 4.78 is 53.9. The van der Waals surface area contributed by atoms with Gasteiger partial charge in [0.15, 0.2) is 0 Å². The Bertz CT molecular complexity index is 421. The summed E-state index contributed by atoms with van der Waals surface area (Å²) in [5.74, 6) is 0.746. The first-order chi connectivity index (χ1) is 18.4. The van der Waals surface area contributed by atoms with Crippen molar-refractivity contribution in [3.63, 3.8) is 0 Å². The maximum absolute atomic E-state index is 5.64. The van der Waals surface area contributed by atoms with Crippen LogP contribution in [0.2, 0.25) is 0 Å². The van der Waals surface area contributed by atoms with Crippen LogP contribution in [0.4, 0.5) is 0 Å². The summed E-state index contributed by atoms with van der Waals surface area (Å²) in [7, 11) is 0. The van der Waals surface area contributed by atoms with Crippen LogP contribution in [0, 0.1) is 0 Å². The fraction of sp³-hybridized carbons (Fsp3) is 0.923. The summed E-state index contributed by atoms with van der Waals surface area (Å²) in [5, 5.41) is 0. The monoisotopic (exact) mass is 558 g/mol. The number of halogens is 1. The molecule has 0 bridgehead atoms. The quantitative estimate of drug-likeness (QED) is 0.0666. The largest absolute Gasteiger partial charge is 0.499 e. The summed E-state index contributed by atoms with van der Waals surface area (Å²) in [4.78, 5) is 0. The maximum Gasteiger partial charge on any atom is 0.111 e. The van der Waals surface area contributed by atoms with Gasteiger partial charge in [-0.2, -0.15) is 0 Å². The molecular weight excluding hydrogens is 508 g/mol. The van der Waals surface area contributed by atoms with Crippen LogP contribution in [0.5, 0.6) is 0 Å². The third-order valence-corrected chi connectivity index (χ3v) is 4.88. The second kappa shape index (κ2) is 35.5. The molecular formula is C26H51ClO10. The first kappa shape index (κ1) is 36.5. The molecule has 11 heteroatoms. The van der Waals surface area contributed by atoms with E-state index < -0.39 is 0 Å². The minimum Gasteiger partial charge on any atom is -0.499 e. The molecule has 0 radical (unpaired) electrons. The van der Waals surface area contributed by atoms with Gasteiger partial charge in [0.05, 0.1) is 119 Å². The Balaban J connectivity index is 3.01. The molecule has 0 unspecified atom stereocenters. The average molecular weight is 559 g/mol. The van der Waals surface area contributed by atoms with Crippen molar-refractivity contribution in [3.05, 3.63) is 12.8 Å². The zero-order chi connectivity index (χ0) is 26.7. The van der Waals surface area contributed by atoms with Crippen LogP contribution in [0.25, 0.3) is 0 Å². The highest BCUT2D eigenvalue weighted by Gasteiger charge is 1.96. The standard InChI is InChI=1S/C26H51ClO10/c1-2-28-9-10-30-13-14-32-17-18-34-21-22-36-25-26-37-24-23-35-20-19-33-16-15-31-12-11-29-8-6-4-3-5-7-27/h2H,1,3-26H2. The molecule has 0 aromatic heterocycles. The number of ether oxygens (including phenoxy) is 10. The van der Waals surface area contributed by atoms with Gasteiger partial charge in [0, 0.05) is 12.5 Å². The highest BCUT2D eigenvalue weighted by Crippen LogP contribution is 2.01. The summed E-state index contributed by atoms with van der Waals surface area (Å²) in [6.45, 7) is 13.9. The van der Waals surface area contributed by atoms with Crippen molar-refractivity contribution in [2.45, 2.75) is 25.7 Å². The van der Waals surface area contributed by atoms with Crippen molar-refractivity contribution in [1.82, 2.24) is 0 Å². The Kier molecular flexibility index (Phi) is 35.0. The third-order valence-electron chi connectivity index (χ3n) is 4.61. The molecule has 0 atom stereocenters. The summed E-state index contributed by atoms with van der Waals surface area (Å²) >= 11 is 5.64. The lowest BCUT2D eigenvalue weighted by Crippen LogP contribution is -2.15. The lowest BCUT2D eigenvalue weighted by Gasteiger charge is -2.09. The first-order valence-electron chi connectivity index (χ1n) is 13.4. The van der Waals surface area contributed by atoms with Crippen molar-refractivity contribution in [2.75, 3.05) is 131 Å².